The summed E-state index contributed by atoms with van der Waals surface area (Å²) in [5, 5.41) is 5.09. The smallest absolute Gasteiger partial charge is 0.0548 e. The Kier molecular flexibility index (Phi) is 4.90. The lowest BCUT2D eigenvalue weighted by molar-refractivity contribution is 0.404. The van der Waals surface area contributed by atoms with Gasteiger partial charge in [-0.2, -0.15) is 0 Å². The molecule has 2 aromatic rings. The minimum atomic E-state index is 0.389. The molecule has 1 aliphatic rings. The van der Waals surface area contributed by atoms with Gasteiger partial charge in [0.05, 0.1) is 5.02 Å². The van der Waals surface area contributed by atoms with Crippen LogP contribution in [-0.2, 0) is 0 Å². The van der Waals surface area contributed by atoms with Gasteiger partial charge in [-0.1, -0.05) is 47.5 Å². The summed E-state index contributed by atoms with van der Waals surface area (Å²) in [6, 6.07) is 14.4. The summed E-state index contributed by atoms with van der Waals surface area (Å²) in [5.41, 5.74) is 2.54. The van der Waals surface area contributed by atoms with Crippen molar-refractivity contribution in [2.75, 3.05) is 13.1 Å². The van der Waals surface area contributed by atoms with Crippen LogP contribution in [0, 0.1) is 0 Å². The topological polar surface area (TPSA) is 12.0 Å². The largest absolute Gasteiger partial charge is 0.316 e. The molecule has 4 heteroatoms. The van der Waals surface area contributed by atoms with Gasteiger partial charge >= 0.3 is 0 Å². The van der Waals surface area contributed by atoms with E-state index in [4.69, 9.17) is 23.2 Å². The Hall–Kier alpha value is -0.540. The summed E-state index contributed by atoms with van der Waals surface area (Å²) in [4.78, 5) is 0. The Balaban J connectivity index is 1.98. The van der Waals surface area contributed by atoms with E-state index in [9.17, 15) is 0 Å². The van der Waals surface area contributed by atoms with Crippen molar-refractivity contribution in [1.29, 1.82) is 0 Å². The quantitative estimate of drug-likeness (QED) is 0.708. The maximum atomic E-state index is 6.41. The van der Waals surface area contributed by atoms with E-state index in [1.807, 2.05) is 18.2 Å². The van der Waals surface area contributed by atoms with Gasteiger partial charge in [-0.3, -0.25) is 0 Å². The molecule has 0 spiro atoms. The first-order valence-corrected chi connectivity index (χ1v) is 8.62. The Labute approximate surface area is 143 Å². The van der Waals surface area contributed by atoms with Gasteiger partial charge in [0.25, 0.3) is 0 Å². The van der Waals surface area contributed by atoms with Crippen molar-refractivity contribution in [2.45, 2.75) is 18.3 Å². The van der Waals surface area contributed by atoms with Crippen LogP contribution >= 0.6 is 39.1 Å². The molecule has 1 aliphatic heterocycles. The van der Waals surface area contributed by atoms with Crippen LogP contribution in [0.4, 0.5) is 0 Å². The fraction of sp³-hybridized carbons (Fsp3) is 0.294. The standard InChI is InChI=1S/C17H16BrCl2N/c18-15-9-11(5-6-17(15)20)12-7-8-21-10-14(12)13-3-1-2-4-16(13)19/h1-6,9,12,14,21H,7-8,10H2. The normalized spacial score (nSPS) is 22.2. The molecule has 3 rings (SSSR count). The van der Waals surface area contributed by atoms with Crippen LogP contribution in [0.15, 0.2) is 46.9 Å². The van der Waals surface area contributed by atoms with E-state index < -0.39 is 0 Å². The van der Waals surface area contributed by atoms with E-state index in [2.05, 4.69) is 45.5 Å². The van der Waals surface area contributed by atoms with Crippen molar-refractivity contribution in [3.63, 3.8) is 0 Å². The van der Waals surface area contributed by atoms with E-state index >= 15 is 0 Å². The molecule has 2 unspecified atom stereocenters. The SMILES string of the molecule is Clc1ccc(C2CCNCC2c2ccccc2Cl)cc1Br. The molecule has 21 heavy (non-hydrogen) atoms. The molecule has 1 N–H and O–H groups in total. The first-order valence-electron chi connectivity index (χ1n) is 7.07. The number of piperidine rings is 1. The van der Waals surface area contributed by atoms with Gasteiger partial charge in [0, 0.05) is 22.0 Å². The minimum absolute atomic E-state index is 0.389. The maximum Gasteiger partial charge on any atom is 0.0548 e. The summed E-state index contributed by atoms with van der Waals surface area (Å²) in [5.74, 6) is 0.847. The Morgan fingerprint density at radius 3 is 2.57 bits per heavy atom. The van der Waals surface area contributed by atoms with Gasteiger partial charge in [-0.05, 0) is 64.1 Å². The Morgan fingerprint density at radius 2 is 1.81 bits per heavy atom. The monoisotopic (exact) mass is 383 g/mol. The highest BCUT2D eigenvalue weighted by Gasteiger charge is 2.29. The van der Waals surface area contributed by atoms with Crippen LogP contribution in [0.5, 0.6) is 0 Å². The molecule has 110 valence electrons. The number of halogens is 3. The highest BCUT2D eigenvalue weighted by molar-refractivity contribution is 9.10. The van der Waals surface area contributed by atoms with Crippen LogP contribution in [0.25, 0.3) is 0 Å². The van der Waals surface area contributed by atoms with Crippen LogP contribution < -0.4 is 5.32 Å². The molecule has 1 fully saturated rings. The molecule has 0 saturated carbocycles. The predicted molar refractivity (Wildman–Crippen MR) is 93.6 cm³/mol. The van der Waals surface area contributed by atoms with E-state index in [1.54, 1.807) is 0 Å². The molecular formula is C17H16BrCl2N. The lowest BCUT2D eigenvalue weighted by Crippen LogP contribution is -2.34. The zero-order chi connectivity index (χ0) is 14.8. The summed E-state index contributed by atoms with van der Waals surface area (Å²) in [7, 11) is 0. The molecule has 0 amide bonds. The first-order chi connectivity index (χ1) is 10.2. The van der Waals surface area contributed by atoms with E-state index in [0.717, 1.165) is 34.0 Å². The fourth-order valence-electron chi connectivity index (χ4n) is 3.10. The van der Waals surface area contributed by atoms with Gasteiger partial charge in [-0.15, -0.1) is 0 Å². The predicted octanol–water partition coefficient (Wildman–Crippen LogP) is 5.62. The van der Waals surface area contributed by atoms with E-state index in [1.165, 1.54) is 11.1 Å². The van der Waals surface area contributed by atoms with Gasteiger partial charge in [0.2, 0.25) is 0 Å². The maximum absolute atomic E-state index is 6.41. The van der Waals surface area contributed by atoms with E-state index in [0.29, 0.717) is 11.8 Å². The van der Waals surface area contributed by atoms with Crippen LogP contribution in [0.2, 0.25) is 10.0 Å². The molecule has 0 bridgehead atoms. The third kappa shape index (κ3) is 3.29. The summed E-state index contributed by atoms with van der Waals surface area (Å²) < 4.78 is 0.957. The first kappa shape index (κ1) is 15.4. The third-order valence-corrected chi connectivity index (χ3v) is 5.72. The molecule has 0 radical (unpaired) electrons. The third-order valence-electron chi connectivity index (χ3n) is 4.16. The number of rotatable bonds is 2. The molecule has 1 nitrogen and oxygen atoms in total. The molecule has 2 atom stereocenters. The van der Waals surface area contributed by atoms with Crippen LogP contribution in [-0.4, -0.2) is 13.1 Å². The van der Waals surface area contributed by atoms with Crippen molar-refractivity contribution in [3.8, 4) is 0 Å². The van der Waals surface area contributed by atoms with Crippen LogP contribution in [0.1, 0.15) is 29.4 Å². The average Bonchev–Trinajstić information content (AvgIpc) is 2.51. The highest BCUT2D eigenvalue weighted by atomic mass is 79.9. The molecular weight excluding hydrogens is 369 g/mol. The summed E-state index contributed by atoms with van der Waals surface area (Å²) >= 11 is 16.1. The highest BCUT2D eigenvalue weighted by Crippen LogP contribution is 2.41. The number of nitrogens with one attached hydrogen (secondary N) is 1. The zero-order valence-electron chi connectivity index (χ0n) is 11.5. The fourth-order valence-corrected chi connectivity index (χ4v) is 3.89. The molecule has 0 aromatic heterocycles. The van der Waals surface area contributed by atoms with Gasteiger partial charge < -0.3 is 5.32 Å². The van der Waals surface area contributed by atoms with Crippen molar-refractivity contribution in [2.24, 2.45) is 0 Å². The Morgan fingerprint density at radius 1 is 1.00 bits per heavy atom. The number of hydrogen-bond donors (Lipinski definition) is 1. The molecule has 1 saturated heterocycles. The second kappa shape index (κ2) is 6.70. The second-order valence-corrected chi connectivity index (χ2v) is 7.07. The van der Waals surface area contributed by atoms with Gasteiger partial charge in [-0.25, -0.2) is 0 Å². The second-order valence-electron chi connectivity index (χ2n) is 5.40. The average molecular weight is 385 g/mol. The van der Waals surface area contributed by atoms with Crippen molar-refractivity contribution in [1.82, 2.24) is 5.32 Å². The Bertz CT molecular complexity index is 644. The summed E-state index contributed by atoms with van der Waals surface area (Å²) in [6.07, 6.45) is 1.10. The van der Waals surface area contributed by atoms with Crippen molar-refractivity contribution >= 4 is 39.1 Å². The lowest BCUT2D eigenvalue weighted by atomic mass is 9.77. The minimum Gasteiger partial charge on any atom is -0.316 e. The molecule has 0 aliphatic carbocycles. The van der Waals surface area contributed by atoms with Crippen LogP contribution in [0.3, 0.4) is 0 Å². The van der Waals surface area contributed by atoms with Crippen molar-refractivity contribution in [3.05, 3.63) is 68.1 Å². The molecule has 1 heterocycles. The van der Waals surface area contributed by atoms with E-state index in [-0.39, 0.29) is 0 Å². The number of hydrogen-bond acceptors (Lipinski definition) is 1. The number of benzene rings is 2. The van der Waals surface area contributed by atoms with Crippen molar-refractivity contribution < 1.29 is 0 Å². The molecule has 2 aromatic carbocycles. The summed E-state index contributed by atoms with van der Waals surface area (Å²) in [6.45, 7) is 1.99. The van der Waals surface area contributed by atoms with Gasteiger partial charge in [0.1, 0.15) is 0 Å². The van der Waals surface area contributed by atoms with Gasteiger partial charge in [0.15, 0.2) is 0 Å². The zero-order valence-corrected chi connectivity index (χ0v) is 14.5. The lowest BCUT2D eigenvalue weighted by Gasteiger charge is -2.33.